The predicted molar refractivity (Wildman–Crippen MR) is 74.6 cm³/mol. The molecule has 0 spiro atoms. The molecule has 0 saturated carbocycles. The molecule has 1 rings (SSSR count). The fraction of sp³-hybridized carbons (Fsp3) is 0.538. The van der Waals surface area contributed by atoms with E-state index in [0.717, 1.165) is 5.33 Å². The maximum atomic E-state index is 3.64. The van der Waals surface area contributed by atoms with Crippen LogP contribution >= 0.6 is 31.9 Å². The molecule has 0 nitrogen and oxygen atoms in total. The standard InChI is InChI=1S/C13H18Br2/c1-9(13(2,3)4)11-7-10(8-14)5-6-12(11)15/h5-7,9H,8H2,1-4H3/t9-/m1/s1. The molecular weight excluding hydrogens is 316 g/mol. The summed E-state index contributed by atoms with van der Waals surface area (Å²) in [6.07, 6.45) is 0. The number of hydrogen-bond acceptors (Lipinski definition) is 0. The second-order valence-corrected chi connectivity index (χ2v) is 6.49. The molecule has 0 amide bonds. The van der Waals surface area contributed by atoms with Gasteiger partial charge in [-0.2, -0.15) is 0 Å². The Morgan fingerprint density at radius 2 is 1.87 bits per heavy atom. The third-order valence-electron chi connectivity index (χ3n) is 2.98. The van der Waals surface area contributed by atoms with E-state index < -0.39 is 0 Å². The molecule has 0 aromatic heterocycles. The maximum absolute atomic E-state index is 3.64. The van der Waals surface area contributed by atoms with E-state index in [1.807, 2.05) is 0 Å². The third kappa shape index (κ3) is 3.32. The van der Waals surface area contributed by atoms with Crippen molar-refractivity contribution in [3.8, 4) is 0 Å². The van der Waals surface area contributed by atoms with E-state index in [9.17, 15) is 0 Å². The van der Waals surface area contributed by atoms with E-state index in [1.165, 1.54) is 15.6 Å². The van der Waals surface area contributed by atoms with Gasteiger partial charge in [-0.05, 0) is 28.5 Å². The Hall–Kier alpha value is 0.180. The molecule has 1 aromatic rings. The molecule has 1 atom stereocenters. The van der Waals surface area contributed by atoms with Crippen LogP contribution in [0.1, 0.15) is 44.7 Å². The van der Waals surface area contributed by atoms with Gasteiger partial charge in [-0.25, -0.2) is 0 Å². The van der Waals surface area contributed by atoms with Crippen LogP contribution in [0.3, 0.4) is 0 Å². The predicted octanol–water partition coefficient (Wildman–Crippen LogP) is 5.49. The molecule has 0 unspecified atom stereocenters. The van der Waals surface area contributed by atoms with Gasteiger partial charge >= 0.3 is 0 Å². The summed E-state index contributed by atoms with van der Waals surface area (Å²) in [6, 6.07) is 6.58. The lowest BCUT2D eigenvalue weighted by molar-refractivity contribution is 0.338. The molecule has 0 radical (unpaired) electrons. The van der Waals surface area contributed by atoms with Crippen LogP contribution in [0.5, 0.6) is 0 Å². The van der Waals surface area contributed by atoms with Crippen molar-refractivity contribution in [2.24, 2.45) is 5.41 Å². The van der Waals surface area contributed by atoms with Gasteiger partial charge in [0.05, 0.1) is 0 Å². The lowest BCUT2D eigenvalue weighted by atomic mass is 9.77. The van der Waals surface area contributed by atoms with Gasteiger partial charge in [0.25, 0.3) is 0 Å². The highest BCUT2D eigenvalue weighted by atomic mass is 79.9. The summed E-state index contributed by atoms with van der Waals surface area (Å²) >= 11 is 7.14. The summed E-state index contributed by atoms with van der Waals surface area (Å²) in [5.74, 6) is 0.547. The van der Waals surface area contributed by atoms with Crippen molar-refractivity contribution in [2.75, 3.05) is 0 Å². The Morgan fingerprint density at radius 1 is 1.27 bits per heavy atom. The first-order valence-electron chi connectivity index (χ1n) is 5.20. The highest BCUT2D eigenvalue weighted by molar-refractivity contribution is 9.10. The van der Waals surface area contributed by atoms with Crippen molar-refractivity contribution in [1.82, 2.24) is 0 Å². The molecule has 0 N–H and O–H groups in total. The van der Waals surface area contributed by atoms with Crippen molar-refractivity contribution < 1.29 is 0 Å². The number of halogens is 2. The molecule has 0 bridgehead atoms. The lowest BCUT2D eigenvalue weighted by Gasteiger charge is -2.28. The Balaban J connectivity index is 3.12. The summed E-state index contributed by atoms with van der Waals surface area (Å²) in [5.41, 5.74) is 3.04. The Morgan fingerprint density at radius 3 is 2.33 bits per heavy atom. The van der Waals surface area contributed by atoms with Crippen molar-refractivity contribution in [2.45, 2.75) is 38.9 Å². The number of benzene rings is 1. The third-order valence-corrected chi connectivity index (χ3v) is 4.35. The smallest absolute Gasteiger partial charge is 0.0283 e. The minimum absolute atomic E-state index is 0.299. The summed E-state index contributed by atoms with van der Waals surface area (Å²) in [7, 11) is 0. The molecule has 0 heterocycles. The number of alkyl halides is 1. The maximum Gasteiger partial charge on any atom is 0.0283 e. The van der Waals surface area contributed by atoms with Crippen LogP contribution in [0, 0.1) is 5.41 Å². The molecule has 84 valence electrons. The average molecular weight is 334 g/mol. The zero-order chi connectivity index (χ0) is 11.6. The van der Waals surface area contributed by atoms with E-state index >= 15 is 0 Å². The van der Waals surface area contributed by atoms with Gasteiger partial charge in [-0.3, -0.25) is 0 Å². The van der Waals surface area contributed by atoms with Gasteiger partial charge in [-0.15, -0.1) is 0 Å². The van der Waals surface area contributed by atoms with E-state index in [4.69, 9.17) is 0 Å². The second kappa shape index (κ2) is 5.01. The summed E-state index contributed by atoms with van der Waals surface area (Å²) in [4.78, 5) is 0. The average Bonchev–Trinajstić information content (AvgIpc) is 2.16. The Bertz CT molecular complexity index is 337. The highest BCUT2D eigenvalue weighted by Gasteiger charge is 2.23. The van der Waals surface area contributed by atoms with Crippen LogP contribution in [0.4, 0.5) is 0 Å². The first-order valence-corrected chi connectivity index (χ1v) is 7.12. The summed E-state index contributed by atoms with van der Waals surface area (Å²) in [5, 5.41) is 0.921. The van der Waals surface area contributed by atoms with Gasteiger partial charge in [-0.1, -0.05) is 71.7 Å². The molecule has 0 saturated heterocycles. The zero-order valence-electron chi connectivity index (χ0n) is 9.77. The molecule has 15 heavy (non-hydrogen) atoms. The first kappa shape index (κ1) is 13.2. The molecule has 2 heteroatoms. The largest absolute Gasteiger partial charge is 0.0876 e. The second-order valence-electron chi connectivity index (χ2n) is 5.08. The van der Waals surface area contributed by atoms with Crippen molar-refractivity contribution >= 4 is 31.9 Å². The molecule has 0 fully saturated rings. The molecule has 0 aliphatic heterocycles. The van der Waals surface area contributed by atoms with Crippen LogP contribution in [-0.4, -0.2) is 0 Å². The highest BCUT2D eigenvalue weighted by Crippen LogP contribution is 2.38. The number of rotatable bonds is 2. The fourth-order valence-corrected chi connectivity index (χ4v) is 2.41. The quantitative estimate of drug-likeness (QED) is 0.627. The van der Waals surface area contributed by atoms with Crippen LogP contribution in [-0.2, 0) is 5.33 Å². The number of hydrogen-bond donors (Lipinski definition) is 0. The van der Waals surface area contributed by atoms with Gasteiger partial charge in [0, 0.05) is 9.80 Å². The van der Waals surface area contributed by atoms with Crippen molar-refractivity contribution in [3.63, 3.8) is 0 Å². The van der Waals surface area contributed by atoms with E-state index in [-0.39, 0.29) is 0 Å². The van der Waals surface area contributed by atoms with Gasteiger partial charge in [0.15, 0.2) is 0 Å². The Kier molecular flexibility index (Phi) is 4.42. The van der Waals surface area contributed by atoms with Gasteiger partial charge in [0.2, 0.25) is 0 Å². The molecule has 0 aliphatic carbocycles. The topological polar surface area (TPSA) is 0 Å². The lowest BCUT2D eigenvalue weighted by Crippen LogP contribution is -2.15. The normalized spacial score (nSPS) is 14.0. The van der Waals surface area contributed by atoms with Crippen LogP contribution in [0.25, 0.3) is 0 Å². The van der Waals surface area contributed by atoms with E-state index in [0.29, 0.717) is 11.3 Å². The Labute approximate surface area is 110 Å². The van der Waals surface area contributed by atoms with Crippen molar-refractivity contribution in [3.05, 3.63) is 33.8 Å². The minimum Gasteiger partial charge on any atom is -0.0876 e. The van der Waals surface area contributed by atoms with Crippen LogP contribution in [0.2, 0.25) is 0 Å². The van der Waals surface area contributed by atoms with Gasteiger partial charge < -0.3 is 0 Å². The first-order chi connectivity index (χ1) is 6.86. The fourth-order valence-electron chi connectivity index (χ4n) is 1.47. The monoisotopic (exact) mass is 332 g/mol. The molecule has 1 aromatic carbocycles. The molecular formula is C13H18Br2. The van der Waals surface area contributed by atoms with Crippen LogP contribution < -0.4 is 0 Å². The zero-order valence-corrected chi connectivity index (χ0v) is 12.9. The molecule has 0 aliphatic rings. The SMILES string of the molecule is C[C@H](c1cc(CBr)ccc1Br)C(C)(C)C. The van der Waals surface area contributed by atoms with Crippen LogP contribution in [0.15, 0.2) is 22.7 Å². The summed E-state index contributed by atoms with van der Waals surface area (Å²) in [6.45, 7) is 9.14. The summed E-state index contributed by atoms with van der Waals surface area (Å²) < 4.78 is 1.22. The van der Waals surface area contributed by atoms with Crippen molar-refractivity contribution in [1.29, 1.82) is 0 Å². The van der Waals surface area contributed by atoms with E-state index in [2.05, 4.69) is 77.8 Å². The van der Waals surface area contributed by atoms with E-state index in [1.54, 1.807) is 0 Å². The minimum atomic E-state index is 0.299. The van der Waals surface area contributed by atoms with Gasteiger partial charge in [0.1, 0.15) is 0 Å².